The molecule has 3 atom stereocenters. The average molecular weight is 290 g/mol. The Morgan fingerprint density at radius 2 is 1.76 bits per heavy atom. The first kappa shape index (κ1) is 15.6. The van der Waals surface area contributed by atoms with Gasteiger partial charge in [0.1, 0.15) is 0 Å². The Morgan fingerprint density at radius 1 is 1.14 bits per heavy atom. The van der Waals surface area contributed by atoms with Crippen LogP contribution in [0.1, 0.15) is 79.1 Å². The number of nitrogens with one attached hydrogen (secondary N) is 1. The molecule has 4 fully saturated rings. The van der Waals surface area contributed by atoms with Crippen molar-refractivity contribution in [3.8, 4) is 0 Å². The molecule has 0 aliphatic heterocycles. The van der Waals surface area contributed by atoms with Crippen LogP contribution < -0.4 is 5.32 Å². The van der Waals surface area contributed by atoms with Crippen molar-refractivity contribution in [3.05, 3.63) is 12.2 Å². The maximum atomic E-state index is 4.13. The van der Waals surface area contributed by atoms with E-state index in [4.69, 9.17) is 0 Å². The van der Waals surface area contributed by atoms with Crippen molar-refractivity contribution in [2.24, 2.45) is 22.2 Å². The van der Waals surface area contributed by atoms with Gasteiger partial charge in [-0.15, -0.1) is 6.58 Å². The highest BCUT2D eigenvalue weighted by Gasteiger charge is 2.61. The van der Waals surface area contributed by atoms with Gasteiger partial charge in [0, 0.05) is 6.04 Å². The number of allylic oxidation sites excluding steroid dienone is 1. The first-order valence-electron chi connectivity index (χ1n) is 9.16. The van der Waals surface area contributed by atoms with E-state index in [9.17, 15) is 0 Å². The predicted molar refractivity (Wildman–Crippen MR) is 91.4 cm³/mol. The van der Waals surface area contributed by atoms with E-state index in [1.54, 1.807) is 0 Å². The maximum absolute atomic E-state index is 4.13. The molecule has 3 unspecified atom stereocenters. The molecule has 4 aliphatic rings. The number of hydrogen-bond acceptors (Lipinski definition) is 1. The molecule has 120 valence electrons. The molecule has 4 bridgehead atoms. The summed E-state index contributed by atoms with van der Waals surface area (Å²) >= 11 is 0. The van der Waals surface area contributed by atoms with Crippen molar-refractivity contribution in [2.45, 2.75) is 85.1 Å². The second-order valence-corrected chi connectivity index (χ2v) is 9.60. The van der Waals surface area contributed by atoms with Crippen molar-refractivity contribution >= 4 is 0 Å². The van der Waals surface area contributed by atoms with Crippen molar-refractivity contribution < 1.29 is 0 Å². The molecule has 21 heavy (non-hydrogen) atoms. The van der Waals surface area contributed by atoms with Gasteiger partial charge >= 0.3 is 0 Å². The van der Waals surface area contributed by atoms with E-state index in [-0.39, 0.29) is 0 Å². The lowest BCUT2D eigenvalue weighted by Gasteiger charge is -2.67. The summed E-state index contributed by atoms with van der Waals surface area (Å²) in [5, 5.41) is 3.89. The molecule has 0 aromatic rings. The quantitative estimate of drug-likeness (QED) is 0.653. The number of rotatable bonds is 6. The zero-order valence-electron chi connectivity index (χ0n) is 14.7. The highest BCUT2D eigenvalue weighted by atomic mass is 14.9. The minimum absolute atomic E-state index is 0.578. The van der Waals surface area contributed by atoms with Crippen LogP contribution in [0.3, 0.4) is 0 Å². The average Bonchev–Trinajstić information content (AvgIpc) is 2.29. The van der Waals surface area contributed by atoms with Crippen LogP contribution in [0.5, 0.6) is 0 Å². The third-order valence-corrected chi connectivity index (χ3v) is 6.72. The van der Waals surface area contributed by atoms with Gasteiger partial charge < -0.3 is 5.32 Å². The Hall–Kier alpha value is -0.300. The zero-order valence-corrected chi connectivity index (χ0v) is 14.7. The van der Waals surface area contributed by atoms with Crippen LogP contribution in [0.25, 0.3) is 0 Å². The Labute approximate surface area is 132 Å². The highest BCUT2D eigenvalue weighted by molar-refractivity contribution is 5.13. The van der Waals surface area contributed by atoms with E-state index >= 15 is 0 Å². The Balaban J connectivity index is 1.85. The fourth-order valence-electron chi connectivity index (χ4n) is 7.19. The van der Waals surface area contributed by atoms with E-state index in [2.05, 4.69) is 39.6 Å². The van der Waals surface area contributed by atoms with E-state index in [0.29, 0.717) is 22.3 Å². The van der Waals surface area contributed by atoms with Crippen molar-refractivity contribution in [2.75, 3.05) is 6.54 Å². The van der Waals surface area contributed by atoms with Crippen LogP contribution in [0.2, 0.25) is 0 Å². The molecule has 1 heteroatoms. The molecule has 0 radical (unpaired) electrons. The van der Waals surface area contributed by atoms with E-state index in [1.165, 1.54) is 56.9 Å². The van der Waals surface area contributed by atoms with Crippen molar-refractivity contribution in [3.63, 3.8) is 0 Å². The van der Waals surface area contributed by atoms with Crippen LogP contribution in [0.4, 0.5) is 0 Å². The lowest BCUT2D eigenvalue weighted by atomic mass is 9.39. The lowest BCUT2D eigenvalue weighted by molar-refractivity contribution is -0.158. The van der Waals surface area contributed by atoms with Gasteiger partial charge in [-0.25, -0.2) is 0 Å². The second kappa shape index (κ2) is 5.11. The fraction of sp³-hybridized carbons (Fsp3) is 0.900. The summed E-state index contributed by atoms with van der Waals surface area (Å²) in [5.41, 5.74) is 3.19. The summed E-state index contributed by atoms with van der Waals surface area (Å²) in [7, 11) is 0. The molecule has 0 amide bonds. The standard InChI is InChI=1S/C20H35N/c1-6-21-17(8-7-15(2)3)20-11-16-9-18(4,13-20)12-19(5,10-16)14-20/h16-17,21H,2,6-14H2,1,3-5H3. The molecule has 4 rings (SSSR count). The molecular weight excluding hydrogens is 254 g/mol. The summed E-state index contributed by atoms with van der Waals surface area (Å²) in [5.74, 6) is 1.00. The van der Waals surface area contributed by atoms with Gasteiger partial charge in [0.15, 0.2) is 0 Å². The van der Waals surface area contributed by atoms with Crippen LogP contribution in [0, 0.1) is 22.2 Å². The third kappa shape index (κ3) is 2.83. The Kier molecular flexibility index (Phi) is 3.80. The Morgan fingerprint density at radius 3 is 2.24 bits per heavy atom. The van der Waals surface area contributed by atoms with Gasteiger partial charge in [0.05, 0.1) is 0 Å². The van der Waals surface area contributed by atoms with Gasteiger partial charge in [0.25, 0.3) is 0 Å². The first-order valence-corrected chi connectivity index (χ1v) is 9.16. The molecule has 0 heterocycles. The summed E-state index contributed by atoms with van der Waals surface area (Å²) in [6.07, 6.45) is 11.4. The van der Waals surface area contributed by atoms with Crippen molar-refractivity contribution in [1.82, 2.24) is 5.32 Å². The van der Waals surface area contributed by atoms with E-state index < -0.39 is 0 Å². The van der Waals surface area contributed by atoms with Gasteiger partial charge in [-0.05, 0) is 87.0 Å². The largest absolute Gasteiger partial charge is 0.314 e. The second-order valence-electron chi connectivity index (χ2n) is 9.60. The Bertz CT molecular complexity index is 406. The fourth-order valence-corrected chi connectivity index (χ4v) is 7.19. The van der Waals surface area contributed by atoms with Crippen LogP contribution >= 0.6 is 0 Å². The van der Waals surface area contributed by atoms with Gasteiger partial charge in [0.2, 0.25) is 0 Å². The molecule has 1 N–H and O–H groups in total. The third-order valence-electron chi connectivity index (χ3n) is 6.72. The molecular formula is C20H35N. The van der Waals surface area contributed by atoms with Crippen LogP contribution in [0.15, 0.2) is 12.2 Å². The van der Waals surface area contributed by atoms with Gasteiger partial charge in [-0.2, -0.15) is 0 Å². The number of hydrogen-bond donors (Lipinski definition) is 1. The monoisotopic (exact) mass is 289 g/mol. The maximum Gasteiger partial charge on any atom is 0.0127 e. The van der Waals surface area contributed by atoms with Crippen LogP contribution in [-0.4, -0.2) is 12.6 Å². The van der Waals surface area contributed by atoms with E-state index in [1.807, 2.05) is 0 Å². The minimum atomic E-state index is 0.578. The van der Waals surface area contributed by atoms with E-state index in [0.717, 1.165) is 12.5 Å². The molecule has 0 aromatic heterocycles. The summed E-state index contributed by atoms with van der Waals surface area (Å²) in [6.45, 7) is 14.9. The van der Waals surface area contributed by atoms with Gasteiger partial charge in [-0.3, -0.25) is 0 Å². The molecule has 4 aliphatic carbocycles. The summed E-state index contributed by atoms with van der Waals surface area (Å²) in [6, 6.07) is 0.709. The predicted octanol–water partition coefficient (Wildman–Crippen LogP) is 5.32. The molecule has 0 spiro atoms. The SMILES string of the molecule is C=C(C)CCC(NCC)C12CC3CC(C)(CC(C)(C3)C1)C2. The van der Waals surface area contributed by atoms with Crippen LogP contribution in [-0.2, 0) is 0 Å². The van der Waals surface area contributed by atoms with Crippen molar-refractivity contribution in [1.29, 1.82) is 0 Å². The molecule has 0 aromatic carbocycles. The highest BCUT2D eigenvalue weighted by Crippen LogP contribution is 2.70. The summed E-state index contributed by atoms with van der Waals surface area (Å²) < 4.78 is 0. The smallest absolute Gasteiger partial charge is 0.0127 e. The summed E-state index contributed by atoms with van der Waals surface area (Å²) in [4.78, 5) is 0. The first-order chi connectivity index (χ1) is 9.78. The topological polar surface area (TPSA) is 12.0 Å². The molecule has 0 saturated heterocycles. The lowest BCUT2D eigenvalue weighted by Crippen LogP contribution is -2.61. The normalized spacial score (nSPS) is 45.8. The molecule has 4 saturated carbocycles. The molecule has 1 nitrogen and oxygen atoms in total. The van der Waals surface area contributed by atoms with Gasteiger partial charge in [-0.1, -0.05) is 26.3 Å². The zero-order chi connectivity index (χ0) is 15.3. The minimum Gasteiger partial charge on any atom is -0.314 e.